The zero-order valence-corrected chi connectivity index (χ0v) is 17.5. The van der Waals surface area contributed by atoms with Gasteiger partial charge in [-0.2, -0.15) is 5.10 Å². The third-order valence-electron chi connectivity index (χ3n) is 5.67. The Morgan fingerprint density at radius 3 is 2.48 bits per heavy atom. The van der Waals surface area contributed by atoms with Crippen molar-refractivity contribution in [1.82, 2.24) is 5.43 Å². The van der Waals surface area contributed by atoms with Crippen LogP contribution in [-0.2, 0) is 11.2 Å². The van der Waals surface area contributed by atoms with Crippen LogP contribution in [0, 0.1) is 0 Å². The van der Waals surface area contributed by atoms with Crippen molar-refractivity contribution in [3.05, 3.63) is 88.9 Å². The van der Waals surface area contributed by atoms with Crippen LogP contribution < -0.4 is 15.4 Å². The van der Waals surface area contributed by atoms with Crippen LogP contribution in [0.5, 0.6) is 5.75 Å². The predicted molar refractivity (Wildman–Crippen MR) is 122 cm³/mol. The number of hydrogen-bond acceptors (Lipinski definition) is 5. The van der Waals surface area contributed by atoms with Gasteiger partial charge in [-0.15, -0.1) is 0 Å². The molecule has 2 aliphatic rings. The summed E-state index contributed by atoms with van der Waals surface area (Å²) in [6, 6.07) is 22.3. The van der Waals surface area contributed by atoms with Crippen LogP contribution in [0.4, 0.5) is 11.4 Å². The average molecular weight is 433 g/mol. The van der Waals surface area contributed by atoms with E-state index in [1.54, 1.807) is 23.2 Å². The van der Waals surface area contributed by atoms with E-state index in [0.717, 1.165) is 29.9 Å². The van der Waals surface area contributed by atoms with Gasteiger partial charge in [-0.25, -0.2) is 0 Å². The maximum absolute atomic E-state index is 13.1. The lowest BCUT2D eigenvalue weighted by Gasteiger charge is -2.24. The maximum Gasteiger partial charge on any atom is 0.286 e. The minimum absolute atomic E-state index is 0.192. The number of aromatic hydroxyl groups is 1. The highest BCUT2D eigenvalue weighted by Gasteiger charge is 2.34. The molecule has 0 saturated heterocycles. The number of hydrazone groups is 1. The third kappa shape index (κ3) is 3.70. The van der Waals surface area contributed by atoms with E-state index in [4.69, 9.17) is 11.6 Å². The summed E-state index contributed by atoms with van der Waals surface area (Å²) >= 11 is 6.44. The molecule has 2 heterocycles. The van der Waals surface area contributed by atoms with Gasteiger partial charge in [-0.3, -0.25) is 20.2 Å². The van der Waals surface area contributed by atoms with Gasteiger partial charge < -0.3 is 5.11 Å². The SMILES string of the molecule is O=C(NN1CCc2ccccc21)C1=NN(c2ccccc2Cl)C(c2ccc(O)cc2)C1. The quantitative estimate of drug-likeness (QED) is 0.639. The minimum atomic E-state index is -0.227. The molecule has 0 aliphatic carbocycles. The van der Waals surface area contributed by atoms with Crippen LogP contribution in [0.15, 0.2) is 77.9 Å². The zero-order chi connectivity index (χ0) is 21.4. The first kappa shape index (κ1) is 19.5. The highest BCUT2D eigenvalue weighted by Crippen LogP contribution is 2.39. The fourth-order valence-electron chi connectivity index (χ4n) is 4.10. The average Bonchev–Trinajstić information content (AvgIpc) is 3.40. The number of nitrogens with zero attached hydrogens (tertiary/aromatic N) is 3. The lowest BCUT2D eigenvalue weighted by Crippen LogP contribution is -2.44. The van der Waals surface area contributed by atoms with Crippen LogP contribution in [0.25, 0.3) is 0 Å². The van der Waals surface area contributed by atoms with Crippen molar-refractivity contribution >= 4 is 34.6 Å². The number of benzene rings is 3. The molecule has 0 aromatic heterocycles. The smallest absolute Gasteiger partial charge is 0.286 e. The molecular formula is C24H21ClN4O2. The molecule has 1 unspecified atom stereocenters. The van der Waals surface area contributed by atoms with Crippen molar-refractivity contribution in [3.63, 3.8) is 0 Å². The normalized spacial score (nSPS) is 17.5. The molecule has 0 radical (unpaired) electrons. The van der Waals surface area contributed by atoms with E-state index in [2.05, 4.69) is 16.6 Å². The summed E-state index contributed by atoms with van der Waals surface area (Å²) < 4.78 is 0. The monoisotopic (exact) mass is 432 g/mol. The summed E-state index contributed by atoms with van der Waals surface area (Å²) in [5.41, 5.74) is 7.35. The highest BCUT2D eigenvalue weighted by molar-refractivity contribution is 6.40. The Hall–Kier alpha value is -3.51. The number of phenols is 1. The van der Waals surface area contributed by atoms with Gasteiger partial charge in [-0.1, -0.05) is 54.1 Å². The molecule has 2 aliphatic heterocycles. The fraction of sp³-hybridized carbons (Fsp3) is 0.167. The van der Waals surface area contributed by atoms with Gasteiger partial charge in [-0.05, 0) is 47.9 Å². The van der Waals surface area contributed by atoms with Crippen LogP contribution in [-0.4, -0.2) is 23.3 Å². The minimum Gasteiger partial charge on any atom is -0.508 e. The first-order valence-electron chi connectivity index (χ1n) is 10.2. The Morgan fingerprint density at radius 1 is 1.00 bits per heavy atom. The lowest BCUT2D eigenvalue weighted by molar-refractivity contribution is -0.115. The van der Waals surface area contributed by atoms with Crippen molar-refractivity contribution in [2.45, 2.75) is 18.9 Å². The molecule has 1 atom stereocenters. The lowest BCUT2D eigenvalue weighted by atomic mass is 10.0. The van der Waals surface area contributed by atoms with Crippen molar-refractivity contribution in [2.24, 2.45) is 5.10 Å². The van der Waals surface area contributed by atoms with E-state index in [1.807, 2.05) is 53.5 Å². The number of rotatable bonds is 4. The second kappa shape index (κ2) is 7.96. The molecule has 0 spiro atoms. The molecule has 1 amide bonds. The molecule has 5 rings (SSSR count). The fourth-order valence-corrected chi connectivity index (χ4v) is 4.33. The van der Waals surface area contributed by atoms with Crippen molar-refractivity contribution in [1.29, 1.82) is 0 Å². The van der Waals surface area contributed by atoms with E-state index in [1.165, 1.54) is 5.56 Å². The number of hydrazine groups is 1. The molecular weight excluding hydrogens is 412 g/mol. The number of carbonyl (C=O) groups excluding carboxylic acids is 1. The Balaban J connectivity index is 1.43. The molecule has 7 heteroatoms. The summed E-state index contributed by atoms with van der Waals surface area (Å²) in [4.78, 5) is 13.1. The third-order valence-corrected chi connectivity index (χ3v) is 5.99. The van der Waals surface area contributed by atoms with E-state index in [0.29, 0.717) is 17.2 Å². The van der Waals surface area contributed by atoms with Gasteiger partial charge in [0, 0.05) is 13.0 Å². The molecule has 0 saturated carbocycles. The van der Waals surface area contributed by atoms with Gasteiger partial charge in [0.1, 0.15) is 11.5 Å². The van der Waals surface area contributed by atoms with Crippen LogP contribution in [0.2, 0.25) is 5.02 Å². The number of nitrogens with one attached hydrogen (secondary N) is 1. The second-order valence-corrected chi connectivity index (χ2v) is 8.03. The molecule has 3 aromatic rings. The zero-order valence-electron chi connectivity index (χ0n) is 16.7. The molecule has 2 N–H and O–H groups in total. The van der Waals surface area contributed by atoms with E-state index in [-0.39, 0.29) is 17.7 Å². The number of anilines is 2. The van der Waals surface area contributed by atoms with Crippen LogP contribution in [0.1, 0.15) is 23.6 Å². The van der Waals surface area contributed by atoms with E-state index >= 15 is 0 Å². The van der Waals surface area contributed by atoms with Gasteiger partial charge >= 0.3 is 0 Å². The second-order valence-electron chi connectivity index (χ2n) is 7.63. The van der Waals surface area contributed by atoms with Crippen molar-refractivity contribution in [3.8, 4) is 5.75 Å². The molecule has 31 heavy (non-hydrogen) atoms. The Morgan fingerprint density at radius 2 is 1.71 bits per heavy atom. The summed E-state index contributed by atoms with van der Waals surface area (Å²) in [6.07, 6.45) is 1.32. The van der Waals surface area contributed by atoms with Crippen molar-refractivity contribution in [2.75, 3.05) is 16.6 Å². The molecule has 0 fully saturated rings. The Bertz CT molecular complexity index is 1160. The largest absolute Gasteiger partial charge is 0.508 e. The van der Waals surface area contributed by atoms with Gasteiger partial charge in [0.2, 0.25) is 0 Å². The number of fused-ring (bicyclic) bond motifs is 1. The van der Waals surface area contributed by atoms with Gasteiger partial charge in [0.05, 0.1) is 22.4 Å². The summed E-state index contributed by atoms with van der Waals surface area (Å²) in [6.45, 7) is 0.730. The number of phenolic OH excluding ortho intramolecular Hbond substituents is 1. The number of amides is 1. The molecule has 3 aromatic carbocycles. The topological polar surface area (TPSA) is 68.2 Å². The predicted octanol–water partition coefficient (Wildman–Crippen LogP) is 4.45. The summed E-state index contributed by atoms with van der Waals surface area (Å²) in [5, 5.41) is 18.6. The highest BCUT2D eigenvalue weighted by atomic mass is 35.5. The first-order valence-corrected chi connectivity index (χ1v) is 10.5. The van der Waals surface area contributed by atoms with E-state index in [9.17, 15) is 9.90 Å². The first-order chi connectivity index (χ1) is 15.1. The van der Waals surface area contributed by atoms with E-state index < -0.39 is 0 Å². The number of halogens is 1. The van der Waals surface area contributed by atoms with Gasteiger partial charge in [0.15, 0.2) is 0 Å². The molecule has 6 nitrogen and oxygen atoms in total. The Labute approximate surface area is 185 Å². The maximum atomic E-state index is 13.1. The summed E-state index contributed by atoms with van der Waals surface area (Å²) in [5.74, 6) is -0.0346. The van der Waals surface area contributed by atoms with Crippen LogP contribution >= 0.6 is 11.6 Å². The van der Waals surface area contributed by atoms with Crippen molar-refractivity contribution < 1.29 is 9.90 Å². The Kier molecular flexibility index (Phi) is 5.00. The number of para-hydroxylation sites is 2. The van der Waals surface area contributed by atoms with Crippen LogP contribution in [0.3, 0.4) is 0 Å². The molecule has 0 bridgehead atoms. The number of carbonyl (C=O) groups is 1. The molecule has 156 valence electrons. The standard InChI is InChI=1S/C24H21ClN4O2/c25-19-6-2-4-8-22(19)29-23(17-9-11-18(30)12-10-17)15-20(26-29)24(31)27-28-14-13-16-5-1-3-7-21(16)28/h1-12,23,30H,13-15H2,(H,27,31). The number of hydrogen-bond donors (Lipinski definition) is 2. The summed E-state index contributed by atoms with van der Waals surface area (Å²) in [7, 11) is 0. The van der Waals surface area contributed by atoms with Gasteiger partial charge in [0.25, 0.3) is 5.91 Å².